The second kappa shape index (κ2) is 5.07. The van der Waals surface area contributed by atoms with Gasteiger partial charge < -0.3 is 10.0 Å². The summed E-state index contributed by atoms with van der Waals surface area (Å²) in [4.78, 5) is 2.00. The fraction of sp³-hybridized carbons (Fsp3) is 0.800. The zero-order chi connectivity index (χ0) is 9.72. The van der Waals surface area contributed by atoms with Gasteiger partial charge in [-0.2, -0.15) is 0 Å². The largest absolute Gasteiger partial charge is 0.495 e. The number of hydrogen-bond donors (Lipinski definition) is 1. The molecule has 0 aromatic heterocycles. The molecule has 2 heteroatoms. The van der Waals surface area contributed by atoms with Gasteiger partial charge in [-0.25, -0.2) is 0 Å². The van der Waals surface area contributed by atoms with E-state index in [0.29, 0.717) is 18.0 Å². The van der Waals surface area contributed by atoms with Crippen LogP contribution in [0.5, 0.6) is 0 Å². The summed E-state index contributed by atoms with van der Waals surface area (Å²) in [5.41, 5.74) is 0. The zero-order valence-corrected chi connectivity index (χ0v) is 8.83. The fourth-order valence-corrected chi connectivity index (χ4v) is 1.41. The maximum atomic E-state index is 9.64. The van der Waals surface area contributed by atoms with Crippen LogP contribution in [0.2, 0.25) is 0 Å². The third kappa shape index (κ3) is 3.16. The Balaban J connectivity index is 4.40. The highest BCUT2D eigenvalue weighted by atomic mass is 16.3. The van der Waals surface area contributed by atoms with Gasteiger partial charge in [-0.3, -0.25) is 0 Å². The molecule has 0 rings (SSSR count). The molecular formula is C10H21NO. The van der Waals surface area contributed by atoms with E-state index in [4.69, 9.17) is 0 Å². The fourth-order valence-electron chi connectivity index (χ4n) is 1.41. The van der Waals surface area contributed by atoms with Gasteiger partial charge in [0, 0.05) is 12.1 Å². The van der Waals surface area contributed by atoms with Crippen LogP contribution in [0.25, 0.3) is 0 Å². The van der Waals surface area contributed by atoms with Crippen molar-refractivity contribution < 1.29 is 5.11 Å². The molecule has 0 atom stereocenters. The van der Waals surface area contributed by atoms with Crippen LogP contribution in [-0.2, 0) is 0 Å². The third-order valence-electron chi connectivity index (χ3n) is 1.76. The number of aliphatic hydroxyl groups is 1. The van der Waals surface area contributed by atoms with Crippen LogP contribution >= 0.6 is 0 Å². The van der Waals surface area contributed by atoms with Crippen molar-refractivity contribution in [2.75, 3.05) is 0 Å². The molecule has 0 unspecified atom stereocenters. The number of nitrogens with zero attached hydrogens (tertiary/aromatic N) is 1. The van der Waals surface area contributed by atoms with Crippen molar-refractivity contribution in [1.29, 1.82) is 0 Å². The van der Waals surface area contributed by atoms with Gasteiger partial charge in [-0.05, 0) is 40.2 Å². The van der Waals surface area contributed by atoms with Gasteiger partial charge in [-0.15, -0.1) is 0 Å². The molecule has 0 spiro atoms. The Hall–Kier alpha value is -0.660. The third-order valence-corrected chi connectivity index (χ3v) is 1.76. The van der Waals surface area contributed by atoms with Crippen LogP contribution in [0.4, 0.5) is 0 Å². The SMILES string of the molecule is CC/C=C(\O)N(C(C)C)C(C)C. The van der Waals surface area contributed by atoms with Gasteiger partial charge in [0.05, 0.1) is 0 Å². The molecule has 1 N–H and O–H groups in total. The number of hydrogen-bond acceptors (Lipinski definition) is 2. The lowest BCUT2D eigenvalue weighted by Crippen LogP contribution is -2.36. The van der Waals surface area contributed by atoms with Crippen LogP contribution in [0.1, 0.15) is 41.0 Å². The molecular weight excluding hydrogens is 150 g/mol. The molecule has 12 heavy (non-hydrogen) atoms. The Morgan fingerprint density at radius 2 is 1.67 bits per heavy atom. The van der Waals surface area contributed by atoms with Crippen molar-refractivity contribution in [2.24, 2.45) is 0 Å². The molecule has 0 aliphatic heterocycles. The molecule has 0 amide bonds. The number of rotatable bonds is 4. The van der Waals surface area contributed by atoms with Gasteiger partial charge in [0.1, 0.15) is 0 Å². The molecule has 2 nitrogen and oxygen atoms in total. The molecule has 0 aliphatic rings. The predicted octanol–water partition coefficient (Wildman–Crippen LogP) is 2.91. The predicted molar refractivity (Wildman–Crippen MR) is 53.1 cm³/mol. The van der Waals surface area contributed by atoms with Crippen molar-refractivity contribution >= 4 is 0 Å². The highest BCUT2D eigenvalue weighted by Crippen LogP contribution is 2.11. The molecule has 72 valence electrons. The van der Waals surface area contributed by atoms with E-state index in [0.717, 1.165) is 6.42 Å². The topological polar surface area (TPSA) is 23.5 Å². The minimum absolute atomic E-state index is 0.354. The molecule has 0 heterocycles. The van der Waals surface area contributed by atoms with Crippen LogP contribution in [0.15, 0.2) is 12.0 Å². The molecule has 0 radical (unpaired) electrons. The highest BCUT2D eigenvalue weighted by molar-refractivity contribution is 4.93. The molecule has 0 bridgehead atoms. The van der Waals surface area contributed by atoms with Crippen LogP contribution in [0, 0.1) is 0 Å². The van der Waals surface area contributed by atoms with E-state index < -0.39 is 0 Å². The van der Waals surface area contributed by atoms with Gasteiger partial charge in [0.2, 0.25) is 0 Å². The maximum Gasteiger partial charge on any atom is 0.183 e. The Labute approximate surface area is 75.9 Å². The van der Waals surface area contributed by atoms with E-state index in [2.05, 4.69) is 27.7 Å². The first-order chi connectivity index (χ1) is 5.50. The number of allylic oxidation sites excluding steroid dienone is 1. The van der Waals surface area contributed by atoms with Gasteiger partial charge in [0.25, 0.3) is 0 Å². The Kier molecular flexibility index (Phi) is 4.79. The van der Waals surface area contributed by atoms with Crippen LogP contribution in [0.3, 0.4) is 0 Å². The summed E-state index contributed by atoms with van der Waals surface area (Å²) in [7, 11) is 0. The molecule has 0 saturated heterocycles. The standard InChI is InChI=1S/C10H21NO/c1-6-7-10(12)11(8(2)3)9(4)5/h7-9,12H,6H2,1-5H3/b10-7-. The lowest BCUT2D eigenvalue weighted by Gasteiger charge is -2.31. The normalized spacial score (nSPS) is 12.8. The van der Waals surface area contributed by atoms with Crippen LogP contribution < -0.4 is 0 Å². The first-order valence-electron chi connectivity index (χ1n) is 4.68. The smallest absolute Gasteiger partial charge is 0.183 e. The van der Waals surface area contributed by atoms with E-state index in [1.165, 1.54) is 0 Å². The zero-order valence-electron chi connectivity index (χ0n) is 8.83. The van der Waals surface area contributed by atoms with Crippen LogP contribution in [-0.4, -0.2) is 22.1 Å². The molecule has 0 fully saturated rings. The van der Waals surface area contributed by atoms with Crippen molar-refractivity contribution in [3.8, 4) is 0 Å². The first-order valence-corrected chi connectivity index (χ1v) is 4.68. The van der Waals surface area contributed by atoms with E-state index in [1.807, 2.05) is 17.9 Å². The Bertz CT molecular complexity index is 142. The lowest BCUT2D eigenvalue weighted by atomic mass is 10.2. The van der Waals surface area contributed by atoms with E-state index in [1.54, 1.807) is 0 Å². The summed E-state index contributed by atoms with van der Waals surface area (Å²) in [5.74, 6) is 0.405. The minimum atomic E-state index is 0.354. The van der Waals surface area contributed by atoms with Crippen molar-refractivity contribution in [3.63, 3.8) is 0 Å². The van der Waals surface area contributed by atoms with E-state index in [9.17, 15) is 5.11 Å². The lowest BCUT2D eigenvalue weighted by molar-refractivity contribution is 0.133. The Morgan fingerprint density at radius 1 is 1.25 bits per heavy atom. The maximum absolute atomic E-state index is 9.64. The average Bonchev–Trinajstić information content (AvgIpc) is 1.85. The number of aliphatic hydroxyl groups excluding tert-OH is 1. The van der Waals surface area contributed by atoms with Crippen molar-refractivity contribution in [1.82, 2.24) is 4.90 Å². The second-order valence-corrected chi connectivity index (χ2v) is 3.57. The first kappa shape index (κ1) is 11.3. The molecule has 0 saturated carbocycles. The highest BCUT2D eigenvalue weighted by Gasteiger charge is 2.14. The summed E-state index contributed by atoms with van der Waals surface area (Å²) >= 11 is 0. The van der Waals surface area contributed by atoms with Crippen molar-refractivity contribution in [2.45, 2.75) is 53.1 Å². The summed E-state index contributed by atoms with van der Waals surface area (Å²) in [6.07, 6.45) is 2.72. The van der Waals surface area contributed by atoms with Gasteiger partial charge in [-0.1, -0.05) is 6.92 Å². The van der Waals surface area contributed by atoms with Crippen molar-refractivity contribution in [3.05, 3.63) is 12.0 Å². The average molecular weight is 171 g/mol. The minimum Gasteiger partial charge on any atom is -0.495 e. The second-order valence-electron chi connectivity index (χ2n) is 3.57. The Morgan fingerprint density at radius 3 is 1.92 bits per heavy atom. The summed E-state index contributed by atoms with van der Waals surface area (Å²) in [5, 5.41) is 9.64. The van der Waals surface area contributed by atoms with Gasteiger partial charge >= 0.3 is 0 Å². The van der Waals surface area contributed by atoms with Gasteiger partial charge in [0.15, 0.2) is 5.88 Å². The summed E-state index contributed by atoms with van der Waals surface area (Å²) in [6, 6.07) is 0.709. The molecule has 0 aromatic carbocycles. The summed E-state index contributed by atoms with van der Waals surface area (Å²) < 4.78 is 0. The summed E-state index contributed by atoms with van der Waals surface area (Å²) in [6.45, 7) is 10.4. The monoisotopic (exact) mass is 171 g/mol. The quantitative estimate of drug-likeness (QED) is 0.657. The molecule has 0 aliphatic carbocycles. The molecule has 0 aromatic rings. The van der Waals surface area contributed by atoms with E-state index >= 15 is 0 Å². The van der Waals surface area contributed by atoms with E-state index in [-0.39, 0.29) is 0 Å².